The molecule has 14 heteroatoms. The molecule has 0 saturated carbocycles. The van der Waals surface area contributed by atoms with Crippen molar-refractivity contribution in [2.75, 3.05) is 18.4 Å². The minimum absolute atomic E-state index is 0.0891. The maximum atomic E-state index is 13.4. The third-order valence-electron chi connectivity index (χ3n) is 6.37. The van der Waals surface area contributed by atoms with Crippen molar-refractivity contribution in [1.82, 2.24) is 10.2 Å². The molecular formula is C27H26F7N3O4. The molecule has 1 aliphatic rings. The van der Waals surface area contributed by atoms with Crippen molar-refractivity contribution in [1.29, 1.82) is 0 Å². The van der Waals surface area contributed by atoms with Crippen molar-refractivity contribution in [3.63, 3.8) is 0 Å². The quantitative estimate of drug-likeness (QED) is 0.334. The number of carbonyl (C=O) groups excluding carboxylic acids is 3. The summed E-state index contributed by atoms with van der Waals surface area (Å²) in [6.45, 7) is 2.15. The topological polar surface area (TPSA) is 98.7 Å². The Morgan fingerprint density at radius 1 is 0.902 bits per heavy atom. The van der Waals surface area contributed by atoms with Crippen LogP contribution in [-0.4, -0.2) is 52.0 Å². The smallest absolute Gasteiger partial charge is 0.381 e. The molecular weight excluding hydrogens is 563 g/mol. The van der Waals surface area contributed by atoms with E-state index in [0.717, 1.165) is 18.2 Å². The predicted molar refractivity (Wildman–Crippen MR) is 133 cm³/mol. The van der Waals surface area contributed by atoms with Crippen LogP contribution in [0.4, 0.5) is 36.4 Å². The molecule has 3 rings (SSSR count). The fourth-order valence-electron chi connectivity index (χ4n) is 4.19. The summed E-state index contributed by atoms with van der Waals surface area (Å²) >= 11 is 0. The Bertz CT molecular complexity index is 1290. The second-order valence-corrected chi connectivity index (χ2v) is 10.1. The normalized spacial score (nSPS) is 16.0. The Balaban J connectivity index is 1.92. The van der Waals surface area contributed by atoms with Crippen molar-refractivity contribution in [2.24, 2.45) is 0 Å². The van der Waals surface area contributed by atoms with Crippen LogP contribution in [0.1, 0.15) is 43.4 Å². The van der Waals surface area contributed by atoms with E-state index in [-0.39, 0.29) is 32.0 Å². The van der Waals surface area contributed by atoms with Crippen molar-refractivity contribution < 1.29 is 50.2 Å². The molecule has 0 aliphatic carbocycles. The van der Waals surface area contributed by atoms with Gasteiger partial charge in [0.25, 0.3) is 5.91 Å². The SMILES string of the molecule is CC(C)(O)C(=O)N1CCC(NC(=O)/C=C/c2ccc(F)cc2)(C(=O)Nc2cc(C(F)(F)F)cc(C(F)(F)F)c2)CC1. The molecule has 1 fully saturated rings. The van der Waals surface area contributed by atoms with Gasteiger partial charge in [0.1, 0.15) is 17.0 Å². The lowest BCUT2D eigenvalue weighted by Gasteiger charge is -2.42. The molecule has 0 aromatic heterocycles. The van der Waals surface area contributed by atoms with E-state index in [1.54, 1.807) is 0 Å². The Hall–Kier alpha value is -3.94. The summed E-state index contributed by atoms with van der Waals surface area (Å²) in [5.41, 5.74) is -7.28. The summed E-state index contributed by atoms with van der Waals surface area (Å²) in [4.78, 5) is 39.9. The van der Waals surface area contributed by atoms with Crippen LogP contribution in [0.25, 0.3) is 6.08 Å². The molecule has 0 atom stereocenters. The minimum atomic E-state index is -5.15. The highest BCUT2D eigenvalue weighted by Crippen LogP contribution is 2.38. The average Bonchev–Trinajstić information content (AvgIpc) is 2.86. The van der Waals surface area contributed by atoms with Gasteiger partial charge in [-0.05, 0) is 68.7 Å². The third kappa shape index (κ3) is 8.06. The van der Waals surface area contributed by atoms with Gasteiger partial charge in [-0.25, -0.2) is 4.39 Å². The number of nitrogens with zero attached hydrogens (tertiary/aromatic N) is 1. The van der Waals surface area contributed by atoms with Gasteiger partial charge in [-0.2, -0.15) is 26.3 Å². The van der Waals surface area contributed by atoms with Crippen molar-refractivity contribution in [3.05, 3.63) is 71.0 Å². The Morgan fingerprint density at radius 2 is 1.41 bits per heavy atom. The molecule has 3 amide bonds. The van der Waals surface area contributed by atoms with Crippen LogP contribution in [0.2, 0.25) is 0 Å². The molecule has 1 aliphatic heterocycles. The summed E-state index contributed by atoms with van der Waals surface area (Å²) in [6, 6.07) is 5.61. The van der Waals surface area contributed by atoms with E-state index < -0.39 is 63.8 Å². The summed E-state index contributed by atoms with van der Waals surface area (Å²) in [6.07, 6.45) is -8.54. The molecule has 1 saturated heterocycles. The first-order valence-corrected chi connectivity index (χ1v) is 12.2. The Labute approximate surface area is 230 Å². The van der Waals surface area contributed by atoms with Gasteiger partial charge in [0.15, 0.2) is 0 Å². The van der Waals surface area contributed by atoms with Crippen LogP contribution in [0.5, 0.6) is 0 Å². The zero-order valence-electron chi connectivity index (χ0n) is 21.8. The standard InChI is InChI=1S/C27H26F7N3O4/c1-24(2,41)23(40)37-11-9-25(10-12-37,36-21(38)8-5-16-3-6-19(28)7-4-16)22(39)35-20-14-17(26(29,30)31)13-18(15-20)27(32,33)34/h3-8,13-15,41H,9-12H2,1-2H3,(H,35,39)(H,36,38)/b8-5+. The Morgan fingerprint density at radius 3 is 1.88 bits per heavy atom. The lowest BCUT2D eigenvalue weighted by molar-refractivity contribution is -0.151. The predicted octanol–water partition coefficient (Wildman–Crippen LogP) is 4.76. The maximum absolute atomic E-state index is 13.4. The largest absolute Gasteiger partial charge is 0.416 e. The highest BCUT2D eigenvalue weighted by atomic mass is 19.4. The van der Waals surface area contributed by atoms with Gasteiger partial charge < -0.3 is 20.6 Å². The van der Waals surface area contributed by atoms with E-state index in [2.05, 4.69) is 10.6 Å². The van der Waals surface area contributed by atoms with Gasteiger partial charge in [0.2, 0.25) is 11.8 Å². The first-order valence-electron chi connectivity index (χ1n) is 12.2. The third-order valence-corrected chi connectivity index (χ3v) is 6.37. The van der Waals surface area contributed by atoms with E-state index in [0.29, 0.717) is 17.7 Å². The van der Waals surface area contributed by atoms with Crippen LogP contribution in [0, 0.1) is 5.82 Å². The van der Waals surface area contributed by atoms with E-state index in [9.17, 15) is 50.2 Å². The monoisotopic (exact) mass is 589 g/mol. The Kier molecular flexibility index (Phi) is 8.87. The number of anilines is 1. The minimum Gasteiger partial charge on any atom is -0.381 e. The number of rotatable bonds is 6. The second-order valence-electron chi connectivity index (χ2n) is 10.1. The van der Waals surface area contributed by atoms with Crippen molar-refractivity contribution >= 4 is 29.5 Å². The highest BCUT2D eigenvalue weighted by molar-refractivity contribution is 6.03. The van der Waals surface area contributed by atoms with Gasteiger partial charge in [0, 0.05) is 24.9 Å². The zero-order valence-corrected chi connectivity index (χ0v) is 21.8. The molecule has 0 radical (unpaired) electrons. The number of nitrogens with one attached hydrogen (secondary N) is 2. The van der Waals surface area contributed by atoms with Gasteiger partial charge >= 0.3 is 12.4 Å². The number of amides is 3. The summed E-state index contributed by atoms with van der Waals surface area (Å²) in [5, 5.41) is 14.6. The number of likely N-dealkylation sites (tertiary alicyclic amines) is 1. The summed E-state index contributed by atoms with van der Waals surface area (Å²) < 4.78 is 93.0. The van der Waals surface area contributed by atoms with Crippen LogP contribution in [0.15, 0.2) is 48.5 Å². The molecule has 0 spiro atoms. The van der Waals surface area contributed by atoms with E-state index in [4.69, 9.17) is 0 Å². The fourth-order valence-corrected chi connectivity index (χ4v) is 4.19. The molecule has 3 N–H and O–H groups in total. The van der Waals surface area contributed by atoms with E-state index >= 15 is 0 Å². The number of benzene rings is 2. The lowest BCUT2D eigenvalue weighted by atomic mass is 9.85. The summed E-state index contributed by atoms with van der Waals surface area (Å²) in [5.74, 6) is -3.14. The van der Waals surface area contributed by atoms with Gasteiger partial charge in [0.05, 0.1) is 11.1 Å². The number of halogens is 7. The van der Waals surface area contributed by atoms with E-state index in [1.165, 1.54) is 37.0 Å². The molecule has 7 nitrogen and oxygen atoms in total. The number of piperidine rings is 1. The first kappa shape index (κ1) is 31.6. The van der Waals surface area contributed by atoms with E-state index in [1.807, 2.05) is 0 Å². The van der Waals surface area contributed by atoms with Crippen LogP contribution in [0.3, 0.4) is 0 Å². The molecule has 2 aromatic carbocycles. The second kappa shape index (κ2) is 11.5. The summed E-state index contributed by atoms with van der Waals surface area (Å²) in [7, 11) is 0. The molecule has 2 aromatic rings. The number of hydrogen-bond donors (Lipinski definition) is 3. The zero-order chi connectivity index (χ0) is 30.8. The van der Waals surface area contributed by atoms with Gasteiger partial charge in [-0.15, -0.1) is 0 Å². The van der Waals surface area contributed by atoms with Crippen LogP contribution in [-0.2, 0) is 26.7 Å². The lowest BCUT2D eigenvalue weighted by Crippen LogP contribution is -2.63. The maximum Gasteiger partial charge on any atom is 0.416 e. The number of aliphatic hydroxyl groups is 1. The fraction of sp³-hybridized carbons (Fsp3) is 0.370. The molecule has 0 bridgehead atoms. The highest BCUT2D eigenvalue weighted by Gasteiger charge is 2.45. The number of hydrogen-bond acceptors (Lipinski definition) is 4. The average molecular weight is 590 g/mol. The molecule has 41 heavy (non-hydrogen) atoms. The molecule has 0 unspecified atom stereocenters. The first-order chi connectivity index (χ1) is 18.8. The van der Waals surface area contributed by atoms with Crippen molar-refractivity contribution in [2.45, 2.75) is 50.2 Å². The molecule has 222 valence electrons. The number of alkyl halides is 6. The van der Waals surface area contributed by atoms with Gasteiger partial charge in [-0.1, -0.05) is 12.1 Å². The molecule has 1 heterocycles. The number of carbonyl (C=O) groups is 3. The van der Waals surface area contributed by atoms with Crippen molar-refractivity contribution in [3.8, 4) is 0 Å². The van der Waals surface area contributed by atoms with Crippen LogP contribution < -0.4 is 10.6 Å². The van der Waals surface area contributed by atoms with Gasteiger partial charge in [-0.3, -0.25) is 14.4 Å². The van der Waals surface area contributed by atoms with Crippen LogP contribution >= 0.6 is 0 Å².